The molecule has 9 nitrogen and oxygen atoms in total. The van der Waals surface area contributed by atoms with Crippen LogP contribution in [0.3, 0.4) is 0 Å². The predicted octanol–water partition coefficient (Wildman–Crippen LogP) is 0.377. The molecule has 0 spiro atoms. The minimum absolute atomic E-state index is 0.000282. The molecule has 1 aliphatic carbocycles. The van der Waals surface area contributed by atoms with Crippen LogP contribution >= 0.6 is 22.9 Å². The van der Waals surface area contributed by atoms with E-state index in [1.807, 2.05) is 25.3 Å². The summed E-state index contributed by atoms with van der Waals surface area (Å²) in [6, 6.07) is 0. The normalized spacial score (nSPS) is 24.5. The van der Waals surface area contributed by atoms with Gasteiger partial charge in [0.2, 0.25) is 4.99 Å². The number of rotatable bonds is 6. The maximum absolute atomic E-state index is 12.9. The van der Waals surface area contributed by atoms with Crippen LogP contribution in [0.25, 0.3) is 12.2 Å². The minimum Gasteiger partial charge on any atom is -0.462 e. The number of hydrogen-bond acceptors (Lipinski definition) is 9. The number of nitrogens with zero attached hydrogens (tertiary/aromatic N) is 1. The fraction of sp³-hybridized carbons (Fsp3) is 0.333. The van der Waals surface area contributed by atoms with Crippen molar-refractivity contribution in [3.05, 3.63) is 66.6 Å². The average molecular weight is 511 g/mol. The number of allylic oxidation sites excluding steroid dienone is 2. The zero-order valence-electron chi connectivity index (χ0n) is 18.1. The maximum atomic E-state index is 12.9. The minimum atomic E-state index is -4.02. The highest BCUT2D eigenvalue weighted by Gasteiger charge is 2.44. The van der Waals surface area contributed by atoms with Gasteiger partial charge >= 0.3 is 5.63 Å². The van der Waals surface area contributed by atoms with Crippen LogP contribution in [0.15, 0.2) is 43.7 Å². The molecule has 0 saturated heterocycles. The first kappa shape index (κ1) is 23.7. The van der Waals surface area contributed by atoms with Crippen molar-refractivity contribution >= 4 is 45.1 Å². The molecule has 176 valence electrons. The number of aromatic nitrogens is 1. The molecule has 4 N–H and O–H groups in total. The van der Waals surface area contributed by atoms with E-state index in [0.29, 0.717) is 21.7 Å². The van der Waals surface area contributed by atoms with Crippen molar-refractivity contribution in [1.29, 1.82) is 0 Å². The standard InChI is InChI=1S/C21H23ClN4O5S2/c1-11-8-14-12(2)15(9-13-4-5-26-21(23,18(13)22)33(28,29)24-3)19(27)30-17(14)10-16(11)31-20-25-6-7-32-20/h4-8,10-11,16,24,26H,9,23H2,1-3H3. The van der Waals surface area contributed by atoms with Gasteiger partial charge in [0.1, 0.15) is 11.5 Å². The van der Waals surface area contributed by atoms with E-state index < -0.39 is 20.6 Å². The van der Waals surface area contributed by atoms with Gasteiger partial charge in [-0.3, -0.25) is 5.73 Å². The van der Waals surface area contributed by atoms with Gasteiger partial charge in [-0.2, -0.15) is 0 Å². The molecule has 0 saturated carbocycles. The summed E-state index contributed by atoms with van der Waals surface area (Å²) in [5, 5.41) is 5.60. The molecule has 0 aromatic carbocycles. The molecule has 2 aromatic heterocycles. The van der Waals surface area contributed by atoms with Crippen LogP contribution < -0.4 is 36.8 Å². The molecule has 3 unspecified atom stereocenters. The largest absolute Gasteiger partial charge is 0.462 e. The number of dihydropyridines is 1. The molecule has 3 atom stereocenters. The van der Waals surface area contributed by atoms with Crippen molar-refractivity contribution in [2.75, 3.05) is 7.05 Å². The molecule has 3 heterocycles. The summed E-state index contributed by atoms with van der Waals surface area (Å²) >= 11 is 7.80. The first-order valence-electron chi connectivity index (χ1n) is 10.0. The summed E-state index contributed by atoms with van der Waals surface area (Å²) in [6.07, 6.45) is 8.14. The van der Waals surface area contributed by atoms with Crippen LogP contribution in [0.5, 0.6) is 5.19 Å². The second kappa shape index (κ2) is 8.73. The molecule has 0 fully saturated rings. The number of thiazole rings is 1. The number of ether oxygens (including phenoxy) is 1. The van der Waals surface area contributed by atoms with E-state index in [0.717, 1.165) is 10.8 Å². The van der Waals surface area contributed by atoms with Crippen molar-refractivity contribution in [3.63, 3.8) is 0 Å². The first-order valence-corrected chi connectivity index (χ1v) is 12.8. The highest BCUT2D eigenvalue weighted by molar-refractivity contribution is 7.91. The number of sulfonamides is 1. The van der Waals surface area contributed by atoms with Gasteiger partial charge in [0.25, 0.3) is 15.2 Å². The molecular weight excluding hydrogens is 488 g/mol. The van der Waals surface area contributed by atoms with Crippen LogP contribution in [0.4, 0.5) is 0 Å². The Morgan fingerprint density at radius 2 is 2.18 bits per heavy atom. The zero-order chi connectivity index (χ0) is 24.0. The van der Waals surface area contributed by atoms with E-state index in [1.165, 1.54) is 24.6 Å². The molecule has 12 heteroatoms. The lowest BCUT2D eigenvalue weighted by Crippen LogP contribution is -2.62. The van der Waals surface area contributed by atoms with E-state index in [1.54, 1.807) is 18.3 Å². The Kier molecular flexibility index (Phi) is 6.27. The van der Waals surface area contributed by atoms with Crippen LogP contribution in [0.2, 0.25) is 0 Å². The Morgan fingerprint density at radius 3 is 2.85 bits per heavy atom. The average Bonchev–Trinajstić information content (AvgIpc) is 3.28. The smallest absolute Gasteiger partial charge is 0.340 e. The van der Waals surface area contributed by atoms with Crippen molar-refractivity contribution in [3.8, 4) is 5.19 Å². The summed E-state index contributed by atoms with van der Waals surface area (Å²) < 4.78 is 38.6. The molecule has 4 rings (SSSR count). The Labute approximate surface area is 199 Å². The van der Waals surface area contributed by atoms with Crippen molar-refractivity contribution in [1.82, 2.24) is 15.0 Å². The zero-order valence-corrected chi connectivity index (χ0v) is 20.5. The fourth-order valence-corrected chi connectivity index (χ4v) is 5.69. The van der Waals surface area contributed by atoms with Gasteiger partial charge in [-0.1, -0.05) is 35.9 Å². The highest BCUT2D eigenvalue weighted by atomic mass is 35.5. The van der Waals surface area contributed by atoms with E-state index >= 15 is 0 Å². The quantitative estimate of drug-likeness (QED) is 0.507. The van der Waals surface area contributed by atoms with Gasteiger partial charge in [-0.05, 0) is 37.4 Å². The molecule has 33 heavy (non-hydrogen) atoms. The molecular formula is C21H23ClN4O5S2. The summed E-state index contributed by atoms with van der Waals surface area (Å²) in [5.41, 5.74) is 7.45. The second-order valence-corrected chi connectivity index (χ2v) is 11.1. The highest BCUT2D eigenvalue weighted by Crippen LogP contribution is 2.30. The van der Waals surface area contributed by atoms with Gasteiger partial charge in [0, 0.05) is 40.8 Å². The summed E-state index contributed by atoms with van der Waals surface area (Å²) in [6.45, 7) is 3.83. The number of hydrogen-bond donors (Lipinski definition) is 3. The lowest BCUT2D eigenvalue weighted by molar-refractivity contribution is 0.226. The van der Waals surface area contributed by atoms with E-state index in [-0.39, 0.29) is 23.5 Å². The van der Waals surface area contributed by atoms with Gasteiger partial charge < -0.3 is 14.5 Å². The Morgan fingerprint density at radius 1 is 1.42 bits per heavy atom. The Hall–Kier alpha value is -2.44. The molecule has 0 radical (unpaired) electrons. The summed E-state index contributed by atoms with van der Waals surface area (Å²) in [5.74, 6) is -0.000282. The maximum Gasteiger partial charge on any atom is 0.340 e. The van der Waals surface area contributed by atoms with Gasteiger partial charge in [0.05, 0.1) is 5.03 Å². The fourth-order valence-electron chi connectivity index (χ4n) is 3.76. The number of halogens is 1. The third-order valence-corrected chi connectivity index (χ3v) is 8.75. The van der Waals surface area contributed by atoms with Gasteiger partial charge in [-0.15, -0.1) is 0 Å². The van der Waals surface area contributed by atoms with E-state index in [2.05, 4.69) is 15.0 Å². The number of nitrogens with one attached hydrogen (secondary N) is 2. The van der Waals surface area contributed by atoms with E-state index in [4.69, 9.17) is 26.5 Å². The molecule has 0 bridgehead atoms. The van der Waals surface area contributed by atoms with Crippen molar-refractivity contribution < 1.29 is 17.6 Å². The Balaban J connectivity index is 1.75. The third-order valence-electron chi connectivity index (χ3n) is 5.73. The topological polar surface area (TPSA) is 137 Å². The lowest BCUT2D eigenvalue weighted by Gasteiger charge is -2.32. The van der Waals surface area contributed by atoms with Crippen LogP contribution in [-0.2, 0) is 16.4 Å². The van der Waals surface area contributed by atoms with E-state index in [9.17, 15) is 13.2 Å². The molecule has 0 amide bonds. The molecule has 2 aromatic rings. The van der Waals surface area contributed by atoms with Gasteiger partial charge in [-0.25, -0.2) is 22.9 Å². The SMILES string of the molecule is CNS(=O)(=O)C1(N)NC=CC(Cc2c(C)c3c(oc2=O)=CC(Oc2nccs2)C(C)C=3)=C1Cl. The van der Waals surface area contributed by atoms with Gasteiger partial charge in [0.15, 0.2) is 0 Å². The number of fused-ring (bicyclic) bond motifs is 1. The van der Waals surface area contributed by atoms with Crippen LogP contribution in [0, 0.1) is 12.8 Å². The Bertz CT molecular complexity index is 1430. The number of nitrogens with two attached hydrogens (primary N) is 1. The van der Waals surface area contributed by atoms with Crippen molar-refractivity contribution in [2.24, 2.45) is 11.7 Å². The predicted molar refractivity (Wildman–Crippen MR) is 127 cm³/mol. The lowest BCUT2D eigenvalue weighted by atomic mass is 9.94. The van der Waals surface area contributed by atoms with Crippen LogP contribution in [-0.4, -0.2) is 31.5 Å². The van der Waals surface area contributed by atoms with Crippen molar-refractivity contribution in [2.45, 2.75) is 31.4 Å². The first-order chi connectivity index (χ1) is 15.6. The van der Waals surface area contributed by atoms with Crippen LogP contribution in [0.1, 0.15) is 18.1 Å². The molecule has 2 aliphatic rings. The summed E-state index contributed by atoms with van der Waals surface area (Å²) in [7, 11) is -2.78. The monoisotopic (exact) mass is 510 g/mol. The second-order valence-electron chi connectivity index (χ2n) is 7.78. The molecule has 1 aliphatic heterocycles. The third kappa shape index (κ3) is 4.15. The summed E-state index contributed by atoms with van der Waals surface area (Å²) in [4.78, 5) is 15.0.